The third kappa shape index (κ3) is 1.49. The van der Waals surface area contributed by atoms with Crippen LogP contribution in [0.4, 0.5) is 5.82 Å². The van der Waals surface area contributed by atoms with Gasteiger partial charge in [-0.2, -0.15) is 0 Å². The summed E-state index contributed by atoms with van der Waals surface area (Å²) in [5.74, 6) is 0.552. The summed E-state index contributed by atoms with van der Waals surface area (Å²) in [6, 6.07) is 0. The van der Waals surface area contributed by atoms with Gasteiger partial charge in [0.05, 0.1) is 7.11 Å². The van der Waals surface area contributed by atoms with Crippen molar-refractivity contribution < 1.29 is 9.53 Å². The van der Waals surface area contributed by atoms with E-state index in [1.165, 1.54) is 7.11 Å². The van der Waals surface area contributed by atoms with Gasteiger partial charge in [0.2, 0.25) is 0 Å². The van der Waals surface area contributed by atoms with Crippen LogP contribution in [0.1, 0.15) is 23.2 Å². The zero-order valence-corrected chi connectivity index (χ0v) is 8.00. The molecule has 0 aliphatic rings. The molecule has 1 rings (SSSR count). The Kier molecular flexibility index (Phi) is 2.55. The minimum atomic E-state index is -0.452. The first kappa shape index (κ1) is 9.57. The van der Waals surface area contributed by atoms with Crippen molar-refractivity contribution in [3.05, 3.63) is 11.5 Å². The number of hydrogen-bond acceptors (Lipinski definition) is 4. The first-order chi connectivity index (χ1) is 6.11. The smallest absolute Gasteiger partial charge is 0.358 e. The molecule has 5 nitrogen and oxygen atoms in total. The van der Waals surface area contributed by atoms with E-state index in [-0.39, 0.29) is 5.82 Å². The maximum Gasteiger partial charge on any atom is 0.358 e. The van der Waals surface area contributed by atoms with E-state index in [1.54, 1.807) is 11.6 Å². The van der Waals surface area contributed by atoms with Gasteiger partial charge >= 0.3 is 5.97 Å². The highest BCUT2D eigenvalue weighted by Crippen LogP contribution is 2.13. The van der Waals surface area contributed by atoms with Gasteiger partial charge in [0, 0.05) is 13.5 Å². The molecular formula is C8H13N3O2. The summed E-state index contributed by atoms with van der Waals surface area (Å²) in [6.45, 7) is 1.95. The summed E-state index contributed by atoms with van der Waals surface area (Å²) in [5, 5.41) is 0. The number of ether oxygens (including phenoxy) is 1. The Hall–Kier alpha value is -1.52. The molecule has 2 N–H and O–H groups in total. The number of nitrogens with two attached hydrogens (primary N) is 1. The number of imidazole rings is 1. The Labute approximate surface area is 76.5 Å². The summed E-state index contributed by atoms with van der Waals surface area (Å²) < 4.78 is 6.23. The molecule has 1 aromatic rings. The standard InChI is InChI=1S/C8H13N3O2/c1-4-5-10-7(9)6(11(5)2)8(12)13-3/h4,9H2,1-3H3. The SMILES string of the molecule is CCc1nc(N)c(C(=O)OC)n1C. The fourth-order valence-corrected chi connectivity index (χ4v) is 1.22. The van der Waals surface area contributed by atoms with Gasteiger partial charge in [-0.15, -0.1) is 0 Å². The number of anilines is 1. The quantitative estimate of drug-likeness (QED) is 0.672. The van der Waals surface area contributed by atoms with Crippen LogP contribution in [0.2, 0.25) is 0 Å². The highest BCUT2D eigenvalue weighted by Gasteiger charge is 2.18. The molecule has 0 aliphatic carbocycles. The van der Waals surface area contributed by atoms with E-state index >= 15 is 0 Å². The molecule has 0 aromatic carbocycles. The molecule has 13 heavy (non-hydrogen) atoms. The molecule has 0 saturated heterocycles. The number of carbonyl (C=O) groups excluding carboxylic acids is 1. The lowest BCUT2D eigenvalue weighted by atomic mass is 10.4. The van der Waals surface area contributed by atoms with Crippen molar-refractivity contribution in [2.75, 3.05) is 12.8 Å². The maximum atomic E-state index is 11.2. The van der Waals surface area contributed by atoms with Gasteiger partial charge in [0.1, 0.15) is 5.82 Å². The van der Waals surface area contributed by atoms with E-state index in [0.29, 0.717) is 5.69 Å². The average Bonchev–Trinajstić information content (AvgIpc) is 2.40. The van der Waals surface area contributed by atoms with Crippen LogP contribution in [-0.2, 0) is 18.2 Å². The minimum absolute atomic E-state index is 0.228. The fraction of sp³-hybridized carbons (Fsp3) is 0.500. The molecule has 0 atom stereocenters. The highest BCUT2D eigenvalue weighted by molar-refractivity contribution is 5.92. The summed E-state index contributed by atoms with van der Waals surface area (Å²) in [4.78, 5) is 15.3. The van der Waals surface area contributed by atoms with E-state index in [0.717, 1.165) is 12.2 Å². The lowest BCUT2D eigenvalue weighted by Gasteiger charge is -2.02. The van der Waals surface area contributed by atoms with Gasteiger partial charge in [0.15, 0.2) is 11.5 Å². The normalized spacial score (nSPS) is 10.1. The Morgan fingerprint density at radius 2 is 2.31 bits per heavy atom. The first-order valence-corrected chi connectivity index (χ1v) is 4.01. The van der Waals surface area contributed by atoms with Gasteiger partial charge in [-0.25, -0.2) is 9.78 Å². The molecule has 0 bridgehead atoms. The largest absolute Gasteiger partial charge is 0.464 e. The van der Waals surface area contributed by atoms with Crippen LogP contribution in [0, 0.1) is 0 Å². The lowest BCUT2D eigenvalue weighted by molar-refractivity contribution is 0.0591. The Bertz CT molecular complexity index is 330. The molecule has 0 aliphatic heterocycles. The number of hydrogen-bond donors (Lipinski definition) is 1. The van der Waals surface area contributed by atoms with Gasteiger partial charge in [0.25, 0.3) is 0 Å². The highest BCUT2D eigenvalue weighted by atomic mass is 16.5. The molecule has 72 valence electrons. The van der Waals surface area contributed by atoms with Crippen molar-refractivity contribution in [1.29, 1.82) is 0 Å². The van der Waals surface area contributed by atoms with E-state index in [4.69, 9.17) is 5.73 Å². The molecule has 0 saturated carbocycles. The average molecular weight is 183 g/mol. The topological polar surface area (TPSA) is 70.1 Å². The second-order valence-electron chi connectivity index (χ2n) is 2.67. The molecule has 1 heterocycles. The summed E-state index contributed by atoms with van der Waals surface area (Å²) in [6.07, 6.45) is 0.734. The van der Waals surface area contributed by atoms with E-state index < -0.39 is 5.97 Å². The van der Waals surface area contributed by atoms with Crippen LogP contribution in [0.15, 0.2) is 0 Å². The van der Waals surface area contributed by atoms with E-state index in [1.807, 2.05) is 6.92 Å². The number of esters is 1. The monoisotopic (exact) mass is 183 g/mol. The molecule has 0 radical (unpaired) electrons. The molecule has 0 spiro atoms. The maximum absolute atomic E-state index is 11.2. The zero-order chi connectivity index (χ0) is 10.0. The van der Waals surface area contributed by atoms with Gasteiger partial charge in [-0.05, 0) is 0 Å². The van der Waals surface area contributed by atoms with Crippen LogP contribution in [0.25, 0.3) is 0 Å². The van der Waals surface area contributed by atoms with Crippen LogP contribution >= 0.6 is 0 Å². The third-order valence-electron chi connectivity index (χ3n) is 1.91. The van der Waals surface area contributed by atoms with Gasteiger partial charge < -0.3 is 15.0 Å². The Balaban J connectivity index is 3.20. The molecule has 0 amide bonds. The summed E-state index contributed by atoms with van der Waals surface area (Å²) >= 11 is 0. The first-order valence-electron chi connectivity index (χ1n) is 4.01. The number of methoxy groups -OCH3 is 1. The Morgan fingerprint density at radius 3 is 2.69 bits per heavy atom. The van der Waals surface area contributed by atoms with E-state index in [9.17, 15) is 4.79 Å². The van der Waals surface area contributed by atoms with Crippen molar-refractivity contribution in [3.8, 4) is 0 Å². The number of nitrogen functional groups attached to an aromatic ring is 1. The second-order valence-corrected chi connectivity index (χ2v) is 2.67. The summed E-state index contributed by atoms with van der Waals surface area (Å²) in [7, 11) is 3.06. The van der Waals surface area contributed by atoms with Crippen molar-refractivity contribution in [1.82, 2.24) is 9.55 Å². The number of aryl methyl sites for hydroxylation is 1. The van der Waals surface area contributed by atoms with Crippen molar-refractivity contribution in [2.24, 2.45) is 7.05 Å². The van der Waals surface area contributed by atoms with E-state index in [2.05, 4.69) is 9.72 Å². The third-order valence-corrected chi connectivity index (χ3v) is 1.91. The number of aromatic nitrogens is 2. The van der Waals surface area contributed by atoms with Crippen LogP contribution in [-0.4, -0.2) is 22.6 Å². The number of carbonyl (C=O) groups is 1. The molecular weight excluding hydrogens is 170 g/mol. The van der Waals surface area contributed by atoms with Crippen LogP contribution in [0.3, 0.4) is 0 Å². The number of nitrogens with zero attached hydrogens (tertiary/aromatic N) is 2. The van der Waals surface area contributed by atoms with Crippen molar-refractivity contribution in [3.63, 3.8) is 0 Å². The van der Waals surface area contributed by atoms with Crippen LogP contribution in [0.5, 0.6) is 0 Å². The second kappa shape index (κ2) is 3.47. The van der Waals surface area contributed by atoms with Crippen LogP contribution < -0.4 is 5.73 Å². The zero-order valence-electron chi connectivity index (χ0n) is 8.00. The summed E-state index contributed by atoms with van der Waals surface area (Å²) in [5.41, 5.74) is 5.88. The predicted octanol–water partition coefficient (Wildman–Crippen LogP) is 0.351. The van der Waals surface area contributed by atoms with Gasteiger partial charge in [-0.1, -0.05) is 6.92 Å². The molecule has 0 fully saturated rings. The predicted molar refractivity (Wildman–Crippen MR) is 48.3 cm³/mol. The van der Waals surface area contributed by atoms with Crippen molar-refractivity contribution >= 4 is 11.8 Å². The minimum Gasteiger partial charge on any atom is -0.464 e. The van der Waals surface area contributed by atoms with Crippen molar-refractivity contribution in [2.45, 2.75) is 13.3 Å². The number of rotatable bonds is 2. The molecule has 5 heteroatoms. The fourth-order valence-electron chi connectivity index (χ4n) is 1.22. The molecule has 0 unspecified atom stereocenters. The molecule has 1 aromatic heterocycles. The van der Waals surface area contributed by atoms with Gasteiger partial charge in [-0.3, -0.25) is 0 Å². The lowest BCUT2D eigenvalue weighted by Crippen LogP contribution is -2.11. The Morgan fingerprint density at radius 1 is 1.69 bits per heavy atom.